The molecule has 0 saturated heterocycles. The highest BCUT2D eigenvalue weighted by Gasteiger charge is 1.97. The Balaban J connectivity index is 1.84. The maximum Gasteiger partial charge on any atom is 0.187 e. The fraction of sp³-hybridized carbons (Fsp3) is 0.750. The number of hydrogen-bond acceptors (Lipinski definition) is 4. The molecule has 114 valence electrons. The van der Waals surface area contributed by atoms with Gasteiger partial charge in [-0.2, -0.15) is 0 Å². The maximum atomic E-state index is 5.55. The van der Waals surface area contributed by atoms with Crippen LogP contribution in [0.5, 0.6) is 0 Å². The lowest BCUT2D eigenvalue weighted by atomic mass is 10.1. The van der Waals surface area contributed by atoms with Crippen molar-refractivity contribution in [2.45, 2.75) is 76.3 Å². The van der Waals surface area contributed by atoms with E-state index in [-0.39, 0.29) is 0 Å². The van der Waals surface area contributed by atoms with Gasteiger partial charge in [0.15, 0.2) is 5.16 Å². The Labute approximate surface area is 128 Å². The summed E-state index contributed by atoms with van der Waals surface area (Å²) in [5.74, 6) is 1.11. The van der Waals surface area contributed by atoms with Gasteiger partial charge in [0, 0.05) is 5.75 Å². The molecule has 4 heteroatoms. The van der Waals surface area contributed by atoms with Gasteiger partial charge < -0.3 is 5.73 Å². The Morgan fingerprint density at radius 1 is 0.850 bits per heavy atom. The van der Waals surface area contributed by atoms with Crippen molar-refractivity contribution in [3.05, 3.63) is 12.4 Å². The minimum atomic E-state index is 0.633. The number of nitrogen functional groups attached to an aromatic ring is 1. The highest BCUT2D eigenvalue weighted by molar-refractivity contribution is 7.99. The zero-order valence-electron chi connectivity index (χ0n) is 12.8. The summed E-state index contributed by atoms with van der Waals surface area (Å²) in [6.07, 6.45) is 17.2. The van der Waals surface area contributed by atoms with Gasteiger partial charge in [0.2, 0.25) is 0 Å². The lowest BCUT2D eigenvalue weighted by molar-refractivity contribution is 0.563. The molecule has 0 saturated carbocycles. The SMILES string of the molecule is CCCCCCCCCCCCSc1ncc(N)cn1. The Kier molecular flexibility index (Phi) is 10.4. The number of hydrogen-bond donors (Lipinski definition) is 1. The molecule has 1 aromatic heterocycles. The van der Waals surface area contributed by atoms with Crippen LogP contribution in [-0.4, -0.2) is 15.7 Å². The molecule has 0 aliphatic heterocycles. The van der Waals surface area contributed by atoms with Crippen molar-refractivity contribution >= 4 is 17.4 Å². The first-order chi connectivity index (χ1) is 9.83. The number of rotatable bonds is 12. The molecule has 2 N–H and O–H groups in total. The zero-order chi connectivity index (χ0) is 14.5. The third kappa shape index (κ3) is 9.18. The molecule has 0 bridgehead atoms. The molecular weight excluding hydrogens is 266 g/mol. The number of thioether (sulfide) groups is 1. The maximum absolute atomic E-state index is 5.55. The van der Waals surface area contributed by atoms with E-state index in [1.807, 2.05) is 0 Å². The lowest BCUT2D eigenvalue weighted by Crippen LogP contribution is -1.91. The monoisotopic (exact) mass is 295 g/mol. The van der Waals surface area contributed by atoms with Crippen LogP contribution in [0.25, 0.3) is 0 Å². The van der Waals surface area contributed by atoms with Gasteiger partial charge in [-0.3, -0.25) is 0 Å². The van der Waals surface area contributed by atoms with Crippen LogP contribution in [0, 0.1) is 0 Å². The van der Waals surface area contributed by atoms with E-state index in [1.54, 1.807) is 24.2 Å². The molecule has 0 fully saturated rings. The van der Waals surface area contributed by atoms with Gasteiger partial charge in [-0.05, 0) is 6.42 Å². The van der Waals surface area contributed by atoms with Crippen LogP contribution >= 0.6 is 11.8 Å². The molecule has 0 spiro atoms. The van der Waals surface area contributed by atoms with Gasteiger partial charge in [-0.1, -0.05) is 76.5 Å². The van der Waals surface area contributed by atoms with Gasteiger partial charge in [0.1, 0.15) is 0 Å². The predicted octanol–water partition coefficient (Wildman–Crippen LogP) is 5.07. The predicted molar refractivity (Wildman–Crippen MR) is 89.0 cm³/mol. The Morgan fingerprint density at radius 3 is 1.90 bits per heavy atom. The van der Waals surface area contributed by atoms with Crippen LogP contribution in [0.4, 0.5) is 5.69 Å². The first-order valence-corrected chi connectivity index (χ1v) is 9.02. The first-order valence-electron chi connectivity index (χ1n) is 8.03. The summed E-state index contributed by atoms with van der Waals surface area (Å²) in [4.78, 5) is 8.38. The van der Waals surface area contributed by atoms with Crippen molar-refractivity contribution in [2.75, 3.05) is 11.5 Å². The normalized spacial score (nSPS) is 10.8. The molecular formula is C16H29N3S. The van der Waals surface area contributed by atoms with Crippen LogP contribution < -0.4 is 5.73 Å². The lowest BCUT2D eigenvalue weighted by Gasteiger charge is -2.02. The van der Waals surface area contributed by atoms with E-state index in [0.29, 0.717) is 5.69 Å². The van der Waals surface area contributed by atoms with E-state index >= 15 is 0 Å². The molecule has 0 amide bonds. The fourth-order valence-electron chi connectivity index (χ4n) is 2.15. The summed E-state index contributed by atoms with van der Waals surface area (Å²) in [6, 6.07) is 0. The molecule has 3 nitrogen and oxygen atoms in total. The quantitative estimate of drug-likeness (QED) is 0.332. The smallest absolute Gasteiger partial charge is 0.187 e. The minimum Gasteiger partial charge on any atom is -0.396 e. The van der Waals surface area contributed by atoms with Crippen molar-refractivity contribution in [3.8, 4) is 0 Å². The van der Waals surface area contributed by atoms with E-state index < -0.39 is 0 Å². The third-order valence-corrected chi connectivity index (χ3v) is 4.34. The first kappa shape index (κ1) is 17.3. The number of anilines is 1. The molecule has 20 heavy (non-hydrogen) atoms. The van der Waals surface area contributed by atoms with E-state index in [2.05, 4.69) is 16.9 Å². The molecule has 1 heterocycles. The molecule has 0 aliphatic rings. The van der Waals surface area contributed by atoms with Crippen LogP contribution in [0.15, 0.2) is 17.6 Å². The van der Waals surface area contributed by atoms with Gasteiger partial charge in [0.05, 0.1) is 18.1 Å². The summed E-state index contributed by atoms with van der Waals surface area (Å²) < 4.78 is 0. The summed E-state index contributed by atoms with van der Waals surface area (Å²) in [5.41, 5.74) is 6.19. The molecule has 0 atom stereocenters. The van der Waals surface area contributed by atoms with Gasteiger partial charge in [-0.15, -0.1) is 0 Å². The molecule has 0 radical (unpaired) electrons. The van der Waals surface area contributed by atoms with Crippen molar-refractivity contribution in [1.82, 2.24) is 9.97 Å². The van der Waals surface area contributed by atoms with Crippen molar-refractivity contribution in [2.24, 2.45) is 0 Å². The Hall–Kier alpha value is -0.770. The topological polar surface area (TPSA) is 51.8 Å². The van der Waals surface area contributed by atoms with Gasteiger partial charge in [0.25, 0.3) is 0 Å². The average molecular weight is 295 g/mol. The third-order valence-electron chi connectivity index (χ3n) is 3.38. The highest BCUT2D eigenvalue weighted by Crippen LogP contribution is 2.16. The van der Waals surface area contributed by atoms with E-state index in [1.165, 1.54) is 64.2 Å². The Bertz CT molecular complexity index is 327. The summed E-state index contributed by atoms with van der Waals surface area (Å²) >= 11 is 1.73. The number of unbranched alkanes of at least 4 members (excludes halogenated alkanes) is 9. The highest BCUT2D eigenvalue weighted by atomic mass is 32.2. The van der Waals surface area contributed by atoms with Gasteiger partial charge >= 0.3 is 0 Å². The number of nitrogens with two attached hydrogens (primary N) is 1. The fourth-order valence-corrected chi connectivity index (χ4v) is 2.94. The van der Waals surface area contributed by atoms with E-state index in [9.17, 15) is 0 Å². The van der Waals surface area contributed by atoms with E-state index in [0.717, 1.165) is 10.9 Å². The molecule has 1 rings (SSSR count). The second-order valence-electron chi connectivity index (χ2n) is 5.33. The van der Waals surface area contributed by atoms with Crippen LogP contribution in [0.2, 0.25) is 0 Å². The standard InChI is InChI=1S/C16H29N3S/c1-2-3-4-5-6-7-8-9-10-11-12-20-16-18-13-15(17)14-19-16/h13-14H,2-12,17H2,1H3. The summed E-state index contributed by atoms with van der Waals surface area (Å²) in [7, 11) is 0. The molecule has 1 aromatic rings. The van der Waals surface area contributed by atoms with Crippen LogP contribution in [-0.2, 0) is 0 Å². The molecule has 0 aromatic carbocycles. The zero-order valence-corrected chi connectivity index (χ0v) is 13.6. The second-order valence-corrected chi connectivity index (χ2v) is 6.39. The minimum absolute atomic E-state index is 0.633. The number of nitrogens with zero attached hydrogens (tertiary/aromatic N) is 2. The number of aromatic nitrogens is 2. The molecule has 0 aliphatic carbocycles. The van der Waals surface area contributed by atoms with Crippen molar-refractivity contribution < 1.29 is 0 Å². The van der Waals surface area contributed by atoms with Crippen molar-refractivity contribution in [3.63, 3.8) is 0 Å². The van der Waals surface area contributed by atoms with E-state index in [4.69, 9.17) is 5.73 Å². The second kappa shape index (κ2) is 12.0. The van der Waals surface area contributed by atoms with Gasteiger partial charge in [-0.25, -0.2) is 9.97 Å². The van der Waals surface area contributed by atoms with Crippen LogP contribution in [0.1, 0.15) is 71.1 Å². The largest absolute Gasteiger partial charge is 0.396 e. The Morgan fingerprint density at radius 2 is 1.35 bits per heavy atom. The summed E-state index contributed by atoms with van der Waals surface area (Å²) in [5, 5.41) is 0.843. The molecule has 0 unspecified atom stereocenters. The summed E-state index contributed by atoms with van der Waals surface area (Å²) in [6.45, 7) is 2.27. The van der Waals surface area contributed by atoms with Crippen LogP contribution in [0.3, 0.4) is 0 Å². The van der Waals surface area contributed by atoms with Crippen molar-refractivity contribution in [1.29, 1.82) is 0 Å². The average Bonchev–Trinajstić information content (AvgIpc) is 2.47.